The molecular weight excluding hydrogens is 444 g/mol. The number of carbonyl (C=O) groups is 2. The normalized spacial score (nSPS) is 16.8. The summed E-state index contributed by atoms with van der Waals surface area (Å²) >= 11 is 0. The SMILES string of the molecule is CCOc1ccc(N(C(=O)C(F)(F)F)[C@H](C(=O)NC[C@@H]2CCCO2)c2ccc(F)cc2)cc1. The molecule has 1 saturated heterocycles. The maximum Gasteiger partial charge on any atom is 0.471 e. The lowest BCUT2D eigenvalue weighted by Crippen LogP contribution is -2.49. The Kier molecular flexibility index (Phi) is 7.91. The van der Waals surface area contributed by atoms with Crippen LogP contribution in [-0.4, -0.2) is 43.9 Å². The number of alkyl halides is 3. The summed E-state index contributed by atoms with van der Waals surface area (Å²) in [5.41, 5.74) is -0.143. The number of halogens is 4. The number of anilines is 1. The van der Waals surface area contributed by atoms with Gasteiger partial charge in [-0.05, 0) is 61.7 Å². The van der Waals surface area contributed by atoms with Crippen molar-refractivity contribution in [2.75, 3.05) is 24.7 Å². The van der Waals surface area contributed by atoms with Gasteiger partial charge < -0.3 is 14.8 Å². The van der Waals surface area contributed by atoms with Gasteiger partial charge in [0.25, 0.3) is 0 Å². The van der Waals surface area contributed by atoms with Crippen LogP contribution in [0.15, 0.2) is 48.5 Å². The number of benzene rings is 2. The van der Waals surface area contributed by atoms with E-state index in [0.29, 0.717) is 30.3 Å². The van der Waals surface area contributed by atoms with Crippen LogP contribution in [0.5, 0.6) is 5.75 Å². The highest BCUT2D eigenvalue weighted by Crippen LogP contribution is 2.34. The van der Waals surface area contributed by atoms with Crippen molar-refractivity contribution >= 4 is 17.5 Å². The topological polar surface area (TPSA) is 67.9 Å². The Labute approximate surface area is 188 Å². The van der Waals surface area contributed by atoms with E-state index in [0.717, 1.165) is 18.6 Å². The van der Waals surface area contributed by atoms with Gasteiger partial charge in [0.1, 0.15) is 17.6 Å². The molecular formula is C23H24F4N2O4. The highest BCUT2D eigenvalue weighted by Gasteiger charge is 2.47. The molecule has 2 amide bonds. The Morgan fingerprint density at radius 1 is 1.15 bits per heavy atom. The number of ether oxygens (including phenoxy) is 2. The van der Waals surface area contributed by atoms with Crippen LogP contribution < -0.4 is 15.0 Å². The third kappa shape index (κ3) is 6.22. The Balaban J connectivity index is 2.02. The second-order valence-corrected chi connectivity index (χ2v) is 7.43. The number of hydrogen-bond donors (Lipinski definition) is 1. The van der Waals surface area contributed by atoms with Crippen molar-refractivity contribution in [2.24, 2.45) is 0 Å². The summed E-state index contributed by atoms with van der Waals surface area (Å²) in [6.45, 7) is 2.70. The first kappa shape index (κ1) is 24.5. The van der Waals surface area contributed by atoms with Crippen LogP contribution >= 0.6 is 0 Å². The van der Waals surface area contributed by atoms with Crippen molar-refractivity contribution < 1.29 is 36.6 Å². The van der Waals surface area contributed by atoms with Gasteiger partial charge in [0.05, 0.1) is 12.7 Å². The molecule has 2 aromatic carbocycles. The van der Waals surface area contributed by atoms with Crippen molar-refractivity contribution in [1.82, 2.24) is 5.32 Å². The molecule has 1 aliphatic rings. The van der Waals surface area contributed by atoms with Crippen molar-refractivity contribution in [3.05, 3.63) is 59.9 Å². The smallest absolute Gasteiger partial charge is 0.471 e. The summed E-state index contributed by atoms with van der Waals surface area (Å²) in [5, 5.41) is 2.58. The summed E-state index contributed by atoms with van der Waals surface area (Å²) in [4.78, 5) is 26.0. The number of amides is 2. The molecule has 0 unspecified atom stereocenters. The van der Waals surface area contributed by atoms with Crippen LogP contribution in [0, 0.1) is 5.82 Å². The standard InChI is InChI=1S/C23H24F4N2O4/c1-2-32-18-11-9-17(10-12-18)29(22(31)23(25,26)27)20(15-5-7-16(24)8-6-15)21(30)28-14-19-4-3-13-33-19/h5-12,19-20H,2-4,13-14H2,1H3,(H,28,30)/t19-,20-/m0/s1. The quantitative estimate of drug-likeness (QED) is 0.591. The summed E-state index contributed by atoms with van der Waals surface area (Å²) in [6, 6.07) is 8.03. The fraction of sp³-hybridized carbons (Fsp3) is 0.391. The van der Waals surface area contributed by atoms with Crippen molar-refractivity contribution in [2.45, 2.75) is 38.1 Å². The lowest BCUT2D eigenvalue weighted by atomic mass is 10.0. The van der Waals surface area contributed by atoms with Gasteiger partial charge in [0, 0.05) is 18.8 Å². The first-order chi connectivity index (χ1) is 15.7. The first-order valence-electron chi connectivity index (χ1n) is 10.5. The molecule has 1 fully saturated rings. The van der Waals surface area contributed by atoms with Crippen LogP contribution in [0.4, 0.5) is 23.2 Å². The van der Waals surface area contributed by atoms with E-state index in [1.165, 1.54) is 36.4 Å². The molecule has 1 heterocycles. The zero-order chi connectivity index (χ0) is 24.0. The Hall–Kier alpha value is -3.14. The van der Waals surface area contributed by atoms with Crippen LogP contribution in [0.25, 0.3) is 0 Å². The number of rotatable bonds is 8. The zero-order valence-corrected chi connectivity index (χ0v) is 17.9. The molecule has 0 aliphatic carbocycles. The average molecular weight is 468 g/mol. The average Bonchev–Trinajstić information content (AvgIpc) is 3.30. The maximum absolute atomic E-state index is 13.6. The van der Waals surface area contributed by atoms with Crippen molar-refractivity contribution in [1.29, 1.82) is 0 Å². The van der Waals surface area contributed by atoms with E-state index < -0.39 is 29.8 Å². The van der Waals surface area contributed by atoms with Gasteiger partial charge in [0.2, 0.25) is 5.91 Å². The van der Waals surface area contributed by atoms with Gasteiger partial charge in [-0.25, -0.2) is 4.39 Å². The molecule has 2 atom stereocenters. The fourth-order valence-corrected chi connectivity index (χ4v) is 3.57. The minimum absolute atomic E-state index is 0.0210. The minimum Gasteiger partial charge on any atom is -0.494 e. The molecule has 0 saturated carbocycles. The highest BCUT2D eigenvalue weighted by molar-refractivity contribution is 6.03. The predicted molar refractivity (Wildman–Crippen MR) is 112 cm³/mol. The molecule has 2 aromatic rings. The molecule has 6 nitrogen and oxygen atoms in total. The van der Waals surface area contributed by atoms with Gasteiger partial charge >= 0.3 is 12.1 Å². The second-order valence-electron chi connectivity index (χ2n) is 7.43. The lowest BCUT2D eigenvalue weighted by molar-refractivity contribution is -0.171. The van der Waals surface area contributed by atoms with E-state index in [1.54, 1.807) is 6.92 Å². The highest BCUT2D eigenvalue weighted by atomic mass is 19.4. The molecule has 0 aromatic heterocycles. The number of nitrogens with one attached hydrogen (secondary N) is 1. The molecule has 0 spiro atoms. The van der Waals surface area contributed by atoms with Crippen LogP contribution in [0.1, 0.15) is 31.4 Å². The number of nitrogens with zero attached hydrogens (tertiary/aromatic N) is 1. The molecule has 3 rings (SSSR count). The fourth-order valence-electron chi connectivity index (χ4n) is 3.57. The van der Waals surface area contributed by atoms with Gasteiger partial charge in [-0.3, -0.25) is 14.5 Å². The molecule has 1 aliphatic heterocycles. The third-order valence-electron chi connectivity index (χ3n) is 5.11. The summed E-state index contributed by atoms with van der Waals surface area (Å²) in [7, 11) is 0. The van der Waals surface area contributed by atoms with Gasteiger partial charge in [0.15, 0.2) is 0 Å². The predicted octanol–water partition coefficient (Wildman–Crippen LogP) is 4.16. The van der Waals surface area contributed by atoms with Crippen LogP contribution in [0.2, 0.25) is 0 Å². The van der Waals surface area contributed by atoms with Crippen LogP contribution in [0.3, 0.4) is 0 Å². The van der Waals surface area contributed by atoms with E-state index in [9.17, 15) is 27.2 Å². The largest absolute Gasteiger partial charge is 0.494 e. The Morgan fingerprint density at radius 3 is 2.36 bits per heavy atom. The van der Waals surface area contributed by atoms with E-state index in [-0.39, 0.29) is 23.9 Å². The third-order valence-corrected chi connectivity index (χ3v) is 5.11. The summed E-state index contributed by atoms with van der Waals surface area (Å²) in [6.07, 6.45) is -4.01. The monoisotopic (exact) mass is 468 g/mol. The molecule has 10 heteroatoms. The molecule has 33 heavy (non-hydrogen) atoms. The van der Waals surface area contributed by atoms with E-state index >= 15 is 0 Å². The van der Waals surface area contributed by atoms with E-state index in [4.69, 9.17) is 9.47 Å². The summed E-state index contributed by atoms with van der Waals surface area (Å²) < 4.78 is 65.0. The molecule has 0 bridgehead atoms. The lowest BCUT2D eigenvalue weighted by Gasteiger charge is -2.32. The Bertz CT molecular complexity index is 942. The zero-order valence-electron chi connectivity index (χ0n) is 17.9. The van der Waals surface area contributed by atoms with Gasteiger partial charge in [-0.15, -0.1) is 0 Å². The number of hydrogen-bond acceptors (Lipinski definition) is 4. The van der Waals surface area contributed by atoms with E-state index in [2.05, 4.69) is 5.32 Å². The van der Waals surface area contributed by atoms with Crippen LogP contribution in [-0.2, 0) is 14.3 Å². The van der Waals surface area contributed by atoms with Crippen molar-refractivity contribution in [3.8, 4) is 5.75 Å². The van der Waals surface area contributed by atoms with Crippen molar-refractivity contribution in [3.63, 3.8) is 0 Å². The minimum atomic E-state index is -5.26. The first-order valence-corrected chi connectivity index (χ1v) is 10.5. The maximum atomic E-state index is 13.6. The number of carbonyl (C=O) groups excluding carboxylic acids is 2. The van der Waals surface area contributed by atoms with Gasteiger partial charge in [-0.2, -0.15) is 13.2 Å². The summed E-state index contributed by atoms with van der Waals surface area (Å²) in [5.74, 6) is -3.31. The van der Waals surface area contributed by atoms with Gasteiger partial charge in [-0.1, -0.05) is 12.1 Å². The van der Waals surface area contributed by atoms with E-state index in [1.807, 2.05) is 0 Å². The molecule has 178 valence electrons. The Morgan fingerprint density at radius 2 is 1.82 bits per heavy atom. The molecule has 1 N–H and O–H groups in total. The molecule has 0 radical (unpaired) electrons. The second kappa shape index (κ2) is 10.7.